The number of hydrogen-bond acceptors (Lipinski definition) is 2. The number of rotatable bonds is 5. The van der Waals surface area contributed by atoms with Gasteiger partial charge in [-0.3, -0.25) is 0 Å². The maximum Gasteiger partial charge on any atom is 0.338 e. The van der Waals surface area contributed by atoms with Gasteiger partial charge in [0.1, 0.15) is 0 Å². The highest BCUT2D eigenvalue weighted by atomic mass is 16.5. The minimum absolute atomic E-state index is 0.239. The Morgan fingerprint density at radius 3 is 2.38 bits per heavy atom. The Bertz CT molecular complexity index is 327. The fraction of sp³-hybridized carbons (Fsp3) is 0.500. The van der Waals surface area contributed by atoms with Gasteiger partial charge in [0.05, 0.1) is 12.2 Å². The number of benzene rings is 1. The first-order chi connectivity index (χ1) is 7.69. The molecule has 0 saturated carbocycles. The summed E-state index contributed by atoms with van der Waals surface area (Å²) < 4.78 is 4.94. The van der Waals surface area contributed by atoms with Crippen molar-refractivity contribution < 1.29 is 9.53 Å². The summed E-state index contributed by atoms with van der Waals surface area (Å²) in [4.78, 5) is 11.4. The molecule has 1 atom stereocenters. The van der Waals surface area contributed by atoms with Crippen LogP contribution in [0.15, 0.2) is 24.3 Å². The summed E-state index contributed by atoms with van der Waals surface area (Å²) in [5, 5.41) is 0. The molecule has 0 aromatic heterocycles. The molecule has 0 spiro atoms. The van der Waals surface area contributed by atoms with Gasteiger partial charge < -0.3 is 4.74 Å². The number of ether oxygens (including phenoxy) is 1. The highest BCUT2D eigenvalue weighted by Gasteiger charge is 2.08. The molecule has 1 aromatic rings. The van der Waals surface area contributed by atoms with Gasteiger partial charge >= 0.3 is 5.97 Å². The zero-order valence-corrected chi connectivity index (χ0v) is 10.3. The molecule has 16 heavy (non-hydrogen) atoms. The second kappa shape index (κ2) is 6.31. The molecule has 0 heterocycles. The van der Waals surface area contributed by atoms with E-state index in [0.717, 1.165) is 0 Å². The SMILES string of the molecule is CCCC(C)c1ccc(C(=O)OCC)cc1. The first-order valence-electron chi connectivity index (χ1n) is 5.96. The van der Waals surface area contributed by atoms with Crippen molar-refractivity contribution in [3.05, 3.63) is 35.4 Å². The third-order valence-corrected chi connectivity index (χ3v) is 2.71. The zero-order valence-electron chi connectivity index (χ0n) is 10.3. The van der Waals surface area contributed by atoms with Gasteiger partial charge in [0.25, 0.3) is 0 Å². The first kappa shape index (κ1) is 12.8. The second-order valence-corrected chi connectivity index (χ2v) is 4.03. The van der Waals surface area contributed by atoms with Crippen LogP contribution in [0, 0.1) is 0 Å². The van der Waals surface area contributed by atoms with Crippen LogP contribution in [-0.2, 0) is 4.74 Å². The Morgan fingerprint density at radius 1 is 1.25 bits per heavy atom. The van der Waals surface area contributed by atoms with E-state index in [1.54, 1.807) is 0 Å². The number of esters is 1. The van der Waals surface area contributed by atoms with E-state index in [1.165, 1.54) is 18.4 Å². The van der Waals surface area contributed by atoms with Crippen LogP contribution < -0.4 is 0 Å². The van der Waals surface area contributed by atoms with Gasteiger partial charge in [-0.25, -0.2) is 4.79 Å². The quantitative estimate of drug-likeness (QED) is 0.706. The molecule has 88 valence electrons. The van der Waals surface area contributed by atoms with Crippen LogP contribution in [0.4, 0.5) is 0 Å². The molecular formula is C14H20O2. The predicted octanol–water partition coefficient (Wildman–Crippen LogP) is 3.77. The Labute approximate surface area is 97.6 Å². The molecule has 0 aliphatic heterocycles. The maximum atomic E-state index is 11.4. The van der Waals surface area contributed by atoms with Gasteiger partial charge in [-0.15, -0.1) is 0 Å². The standard InChI is InChI=1S/C14H20O2/c1-4-6-11(3)12-7-9-13(10-8-12)14(15)16-5-2/h7-11H,4-6H2,1-3H3. The molecule has 1 aromatic carbocycles. The molecule has 0 radical (unpaired) electrons. The molecule has 0 amide bonds. The molecule has 0 N–H and O–H groups in total. The Balaban J connectivity index is 2.71. The highest BCUT2D eigenvalue weighted by Crippen LogP contribution is 2.20. The van der Waals surface area contributed by atoms with Crippen molar-refractivity contribution >= 4 is 5.97 Å². The summed E-state index contributed by atoms with van der Waals surface area (Å²) in [5.74, 6) is 0.318. The molecule has 0 saturated heterocycles. The average Bonchev–Trinajstić information content (AvgIpc) is 2.30. The minimum atomic E-state index is -0.239. The van der Waals surface area contributed by atoms with E-state index < -0.39 is 0 Å². The average molecular weight is 220 g/mol. The van der Waals surface area contributed by atoms with Gasteiger partial charge in [-0.1, -0.05) is 32.4 Å². The fourth-order valence-corrected chi connectivity index (χ4v) is 1.76. The van der Waals surface area contributed by atoms with E-state index in [0.29, 0.717) is 18.1 Å². The molecule has 1 unspecified atom stereocenters. The summed E-state index contributed by atoms with van der Waals surface area (Å²) in [5.41, 5.74) is 1.92. The topological polar surface area (TPSA) is 26.3 Å². The molecular weight excluding hydrogens is 200 g/mol. The normalized spacial score (nSPS) is 12.2. The van der Waals surface area contributed by atoms with E-state index in [9.17, 15) is 4.79 Å². The zero-order chi connectivity index (χ0) is 12.0. The third kappa shape index (κ3) is 3.37. The van der Waals surface area contributed by atoms with Gasteiger partial charge in [0.15, 0.2) is 0 Å². The lowest BCUT2D eigenvalue weighted by molar-refractivity contribution is 0.0526. The lowest BCUT2D eigenvalue weighted by atomic mass is 9.96. The third-order valence-electron chi connectivity index (χ3n) is 2.71. The Hall–Kier alpha value is -1.31. The van der Waals surface area contributed by atoms with E-state index in [2.05, 4.69) is 13.8 Å². The van der Waals surface area contributed by atoms with E-state index in [1.807, 2.05) is 31.2 Å². The predicted molar refractivity (Wildman–Crippen MR) is 65.7 cm³/mol. The molecule has 0 bridgehead atoms. The van der Waals surface area contributed by atoms with E-state index >= 15 is 0 Å². The van der Waals surface area contributed by atoms with Gasteiger partial charge in [-0.2, -0.15) is 0 Å². The largest absolute Gasteiger partial charge is 0.462 e. The van der Waals surface area contributed by atoms with Crippen molar-refractivity contribution in [1.82, 2.24) is 0 Å². The summed E-state index contributed by atoms with van der Waals surface area (Å²) in [7, 11) is 0. The molecule has 0 aliphatic rings. The van der Waals surface area contributed by atoms with Crippen molar-refractivity contribution in [2.24, 2.45) is 0 Å². The number of hydrogen-bond donors (Lipinski definition) is 0. The molecule has 0 fully saturated rings. The van der Waals surface area contributed by atoms with Crippen molar-refractivity contribution in [1.29, 1.82) is 0 Å². The lowest BCUT2D eigenvalue weighted by Gasteiger charge is -2.10. The minimum Gasteiger partial charge on any atom is -0.462 e. The van der Waals surface area contributed by atoms with Crippen molar-refractivity contribution in [3.63, 3.8) is 0 Å². The van der Waals surface area contributed by atoms with Crippen LogP contribution in [0.2, 0.25) is 0 Å². The van der Waals surface area contributed by atoms with Crippen molar-refractivity contribution in [2.45, 2.75) is 39.5 Å². The highest BCUT2D eigenvalue weighted by molar-refractivity contribution is 5.89. The Kier molecular flexibility index (Phi) is 5.03. The van der Waals surface area contributed by atoms with Crippen LogP contribution in [0.5, 0.6) is 0 Å². The molecule has 0 aliphatic carbocycles. The van der Waals surface area contributed by atoms with E-state index in [4.69, 9.17) is 4.74 Å². The maximum absolute atomic E-state index is 11.4. The van der Waals surface area contributed by atoms with Gasteiger partial charge in [0.2, 0.25) is 0 Å². The molecule has 2 nitrogen and oxygen atoms in total. The van der Waals surface area contributed by atoms with Crippen LogP contribution in [0.25, 0.3) is 0 Å². The van der Waals surface area contributed by atoms with Gasteiger partial charge in [0, 0.05) is 0 Å². The van der Waals surface area contributed by atoms with Crippen molar-refractivity contribution in [3.8, 4) is 0 Å². The second-order valence-electron chi connectivity index (χ2n) is 4.03. The van der Waals surface area contributed by atoms with Crippen LogP contribution >= 0.6 is 0 Å². The number of carbonyl (C=O) groups excluding carboxylic acids is 1. The summed E-state index contributed by atoms with van der Waals surface area (Å²) >= 11 is 0. The summed E-state index contributed by atoms with van der Waals surface area (Å²) in [6.45, 7) is 6.63. The monoisotopic (exact) mass is 220 g/mol. The summed E-state index contributed by atoms with van der Waals surface area (Å²) in [6, 6.07) is 7.73. The smallest absolute Gasteiger partial charge is 0.338 e. The van der Waals surface area contributed by atoms with Crippen LogP contribution in [0.1, 0.15) is 55.5 Å². The number of carbonyl (C=O) groups is 1. The van der Waals surface area contributed by atoms with Crippen LogP contribution in [-0.4, -0.2) is 12.6 Å². The fourth-order valence-electron chi connectivity index (χ4n) is 1.76. The van der Waals surface area contributed by atoms with Crippen molar-refractivity contribution in [2.75, 3.05) is 6.61 Å². The Morgan fingerprint density at radius 2 is 1.88 bits per heavy atom. The van der Waals surface area contributed by atoms with Gasteiger partial charge in [-0.05, 0) is 37.0 Å². The molecule has 1 rings (SSSR count). The lowest BCUT2D eigenvalue weighted by Crippen LogP contribution is -2.04. The first-order valence-corrected chi connectivity index (χ1v) is 5.96. The van der Waals surface area contributed by atoms with E-state index in [-0.39, 0.29) is 5.97 Å². The summed E-state index contributed by atoms with van der Waals surface area (Å²) in [6.07, 6.45) is 2.36. The van der Waals surface area contributed by atoms with Crippen LogP contribution in [0.3, 0.4) is 0 Å². The molecule has 2 heteroatoms.